The average molecular weight is 418 g/mol. The lowest BCUT2D eigenvalue weighted by molar-refractivity contribution is -0.146. The third-order valence-corrected chi connectivity index (χ3v) is 4.68. The topological polar surface area (TPSA) is 56.8 Å². The molecule has 2 aromatic rings. The molecule has 0 fully saturated rings. The van der Waals surface area contributed by atoms with Crippen molar-refractivity contribution in [2.24, 2.45) is 0 Å². The maximum absolute atomic E-state index is 13.2. The van der Waals surface area contributed by atoms with Gasteiger partial charge >= 0.3 is 0 Å². The summed E-state index contributed by atoms with van der Waals surface area (Å²) in [5.74, 6) is 5.76. The van der Waals surface area contributed by atoms with Crippen LogP contribution >= 0.6 is 0 Å². The van der Waals surface area contributed by atoms with Crippen molar-refractivity contribution in [3.8, 4) is 36.2 Å². The number of methoxy groups -OCH3 is 1. The van der Waals surface area contributed by atoms with Crippen LogP contribution in [0.25, 0.3) is 0 Å². The number of carbonyl (C=O) groups excluding carboxylic acids is 1. The molecule has 0 aromatic heterocycles. The molecule has 0 saturated carbocycles. The molecule has 5 nitrogen and oxygen atoms in total. The third kappa shape index (κ3) is 6.15. The van der Waals surface area contributed by atoms with E-state index in [9.17, 15) is 4.79 Å². The zero-order valence-corrected chi connectivity index (χ0v) is 17.7. The van der Waals surface area contributed by atoms with Gasteiger partial charge in [0.15, 0.2) is 17.1 Å². The highest BCUT2D eigenvalue weighted by Gasteiger charge is 2.40. The Morgan fingerprint density at radius 3 is 2.52 bits per heavy atom. The van der Waals surface area contributed by atoms with E-state index >= 15 is 0 Å². The number of amides is 1. The molecule has 160 valence electrons. The normalized spacial score (nSPS) is 12.0. The molecule has 2 aromatic carbocycles. The van der Waals surface area contributed by atoms with Crippen LogP contribution in [0.1, 0.15) is 17.5 Å². The molecular weight excluding hydrogens is 390 g/mol. The Labute approximate surface area is 184 Å². The zero-order chi connectivity index (χ0) is 22.5. The minimum atomic E-state index is -1.24. The number of hydrogen-bond acceptors (Lipinski definition) is 4. The largest absolute Gasteiger partial charge is 0.493 e. The van der Waals surface area contributed by atoms with Crippen LogP contribution in [0.2, 0.25) is 0 Å². The zero-order valence-electron chi connectivity index (χ0n) is 17.7. The molecule has 0 heterocycles. The highest BCUT2D eigenvalue weighted by atomic mass is 16.5. The van der Waals surface area contributed by atoms with Crippen LogP contribution in [-0.2, 0) is 21.6 Å². The van der Waals surface area contributed by atoms with E-state index in [1.165, 1.54) is 0 Å². The molecular formula is C26H27NO4. The molecule has 0 spiro atoms. The number of rotatable bonds is 12. The third-order valence-electron chi connectivity index (χ3n) is 4.68. The molecule has 1 atom stereocenters. The van der Waals surface area contributed by atoms with Crippen molar-refractivity contribution in [3.63, 3.8) is 0 Å². The van der Waals surface area contributed by atoms with Gasteiger partial charge in [-0.1, -0.05) is 54.3 Å². The van der Waals surface area contributed by atoms with E-state index in [1.807, 2.05) is 42.5 Å². The number of terminal acetylenes is 2. The van der Waals surface area contributed by atoms with Gasteiger partial charge in [0.25, 0.3) is 5.91 Å². The monoisotopic (exact) mass is 417 g/mol. The fraction of sp³-hybridized carbons (Fsp3) is 0.269. The van der Waals surface area contributed by atoms with Gasteiger partial charge in [-0.05, 0) is 29.7 Å². The molecule has 0 saturated heterocycles. The second kappa shape index (κ2) is 12.1. The lowest BCUT2D eigenvalue weighted by Crippen LogP contribution is -2.47. The Bertz CT molecular complexity index is 956. The molecule has 1 unspecified atom stereocenters. The van der Waals surface area contributed by atoms with E-state index < -0.39 is 5.60 Å². The first-order valence-electron chi connectivity index (χ1n) is 9.86. The van der Waals surface area contributed by atoms with E-state index in [-0.39, 0.29) is 19.1 Å². The van der Waals surface area contributed by atoms with Crippen LogP contribution < -0.4 is 14.8 Å². The number of ether oxygens (including phenoxy) is 3. The van der Waals surface area contributed by atoms with Crippen LogP contribution in [0.4, 0.5) is 0 Å². The second-order valence-electron chi connectivity index (χ2n) is 6.66. The van der Waals surface area contributed by atoms with Crippen molar-refractivity contribution < 1.29 is 19.0 Å². The SMILES string of the molecule is C#CCOc1ccc(CCNC(=O)C(CC=C)(OCC#C)c2ccccc2)cc1OC. The summed E-state index contributed by atoms with van der Waals surface area (Å²) in [5, 5.41) is 2.97. The maximum atomic E-state index is 13.2. The predicted octanol–water partition coefficient (Wildman–Crippen LogP) is 3.49. The maximum Gasteiger partial charge on any atom is 0.257 e. The Kier molecular flexibility index (Phi) is 9.23. The Balaban J connectivity index is 2.13. The summed E-state index contributed by atoms with van der Waals surface area (Å²) in [6.45, 7) is 4.36. The van der Waals surface area contributed by atoms with Crippen molar-refractivity contribution in [2.75, 3.05) is 26.9 Å². The number of carbonyl (C=O) groups is 1. The molecule has 1 N–H and O–H groups in total. The van der Waals surface area contributed by atoms with E-state index in [4.69, 9.17) is 27.1 Å². The first kappa shape index (κ1) is 23.6. The molecule has 5 heteroatoms. The second-order valence-corrected chi connectivity index (χ2v) is 6.66. The van der Waals surface area contributed by atoms with Gasteiger partial charge in [0.1, 0.15) is 13.2 Å². The molecule has 0 radical (unpaired) electrons. The van der Waals surface area contributed by atoms with Crippen molar-refractivity contribution in [2.45, 2.75) is 18.4 Å². The Morgan fingerprint density at radius 2 is 1.87 bits per heavy atom. The van der Waals surface area contributed by atoms with Crippen LogP contribution in [0.3, 0.4) is 0 Å². The smallest absolute Gasteiger partial charge is 0.257 e. The van der Waals surface area contributed by atoms with Gasteiger partial charge in [0.2, 0.25) is 0 Å². The lowest BCUT2D eigenvalue weighted by Gasteiger charge is -2.31. The van der Waals surface area contributed by atoms with Gasteiger partial charge in [-0.2, -0.15) is 0 Å². The highest BCUT2D eigenvalue weighted by Crippen LogP contribution is 2.31. The fourth-order valence-electron chi connectivity index (χ4n) is 3.19. The molecule has 1 amide bonds. The minimum absolute atomic E-state index is 0.00642. The lowest BCUT2D eigenvalue weighted by atomic mass is 9.89. The van der Waals surface area contributed by atoms with Gasteiger partial charge in [-0.25, -0.2) is 0 Å². The highest BCUT2D eigenvalue weighted by molar-refractivity contribution is 5.87. The molecule has 0 aliphatic heterocycles. The first-order valence-corrected chi connectivity index (χ1v) is 9.86. The van der Waals surface area contributed by atoms with E-state index in [0.29, 0.717) is 30.9 Å². The van der Waals surface area contributed by atoms with E-state index in [0.717, 1.165) is 11.1 Å². The van der Waals surface area contributed by atoms with Crippen molar-refractivity contribution in [1.29, 1.82) is 0 Å². The molecule has 2 rings (SSSR count). The van der Waals surface area contributed by atoms with Crippen LogP contribution in [-0.4, -0.2) is 32.8 Å². The molecule has 31 heavy (non-hydrogen) atoms. The van der Waals surface area contributed by atoms with Crippen LogP contribution in [0.15, 0.2) is 61.2 Å². The molecule has 0 aliphatic rings. The summed E-state index contributed by atoms with van der Waals surface area (Å²) in [6, 6.07) is 14.9. The van der Waals surface area contributed by atoms with Crippen molar-refractivity contribution in [3.05, 3.63) is 72.3 Å². The first-order chi connectivity index (χ1) is 15.1. The molecule has 0 bridgehead atoms. The summed E-state index contributed by atoms with van der Waals surface area (Å²) in [5.41, 5.74) is 0.461. The van der Waals surface area contributed by atoms with Gasteiger partial charge in [-0.3, -0.25) is 4.79 Å². The molecule has 0 aliphatic carbocycles. The summed E-state index contributed by atoms with van der Waals surface area (Å²) in [4.78, 5) is 13.2. The summed E-state index contributed by atoms with van der Waals surface area (Å²) in [6.07, 6.45) is 13.2. The minimum Gasteiger partial charge on any atom is -0.493 e. The number of benzene rings is 2. The summed E-state index contributed by atoms with van der Waals surface area (Å²) < 4.78 is 16.7. The number of hydrogen-bond donors (Lipinski definition) is 1. The Morgan fingerprint density at radius 1 is 1.13 bits per heavy atom. The summed E-state index contributed by atoms with van der Waals surface area (Å²) >= 11 is 0. The number of nitrogens with one attached hydrogen (secondary N) is 1. The van der Waals surface area contributed by atoms with E-state index in [1.54, 1.807) is 19.3 Å². The fourth-order valence-corrected chi connectivity index (χ4v) is 3.19. The van der Waals surface area contributed by atoms with Gasteiger partial charge < -0.3 is 19.5 Å². The standard InChI is InChI=1S/C26H27NO4/c1-5-16-26(31-19-7-3,22-11-9-8-10-12-22)25(28)27-17-15-21-13-14-23(30-18-6-2)24(20-21)29-4/h2-3,5,8-14,20H,1,15-19H2,4H3,(H,27,28). The Hall–Kier alpha value is -3.67. The van der Waals surface area contributed by atoms with Crippen LogP contribution in [0.5, 0.6) is 11.5 Å². The van der Waals surface area contributed by atoms with Crippen molar-refractivity contribution in [1.82, 2.24) is 5.32 Å². The van der Waals surface area contributed by atoms with E-state index in [2.05, 4.69) is 23.7 Å². The van der Waals surface area contributed by atoms with Crippen molar-refractivity contribution >= 4 is 5.91 Å². The quantitative estimate of drug-likeness (QED) is 0.424. The average Bonchev–Trinajstić information content (AvgIpc) is 2.81. The van der Waals surface area contributed by atoms with Gasteiger partial charge in [0.05, 0.1) is 7.11 Å². The predicted molar refractivity (Wildman–Crippen MR) is 122 cm³/mol. The van der Waals surface area contributed by atoms with Gasteiger partial charge in [0, 0.05) is 13.0 Å². The summed E-state index contributed by atoms with van der Waals surface area (Å²) in [7, 11) is 1.57. The van der Waals surface area contributed by atoms with Crippen LogP contribution in [0, 0.1) is 24.7 Å². The van der Waals surface area contributed by atoms with Gasteiger partial charge in [-0.15, -0.1) is 19.4 Å².